The molecule has 6 heteroatoms. The fourth-order valence-electron chi connectivity index (χ4n) is 3.76. The van der Waals surface area contributed by atoms with Crippen LogP contribution in [-0.4, -0.2) is 34.7 Å². The normalized spacial score (nSPS) is 18.3. The van der Waals surface area contributed by atoms with Gasteiger partial charge in [-0.25, -0.2) is 9.97 Å². The van der Waals surface area contributed by atoms with Crippen LogP contribution >= 0.6 is 11.3 Å². The molecule has 26 heavy (non-hydrogen) atoms. The molecule has 0 aromatic carbocycles. The second kappa shape index (κ2) is 6.28. The number of anilines is 1. The molecule has 3 aromatic heterocycles. The summed E-state index contributed by atoms with van der Waals surface area (Å²) in [6, 6.07) is 3.95. The Labute approximate surface area is 156 Å². The zero-order valence-corrected chi connectivity index (χ0v) is 15.7. The molecular formula is C20H22N4OS. The third-order valence-electron chi connectivity index (χ3n) is 5.32. The Morgan fingerprint density at radius 1 is 1.23 bits per heavy atom. The molecule has 3 aromatic rings. The van der Waals surface area contributed by atoms with Crippen LogP contribution in [0.1, 0.15) is 30.2 Å². The van der Waals surface area contributed by atoms with Crippen molar-refractivity contribution < 1.29 is 4.74 Å². The SMILES string of the molecule is CC1(CNc2nc(-c3cccnc3)nc3sc4c(c23)CCCC4)COC1. The van der Waals surface area contributed by atoms with Gasteiger partial charge < -0.3 is 10.1 Å². The van der Waals surface area contributed by atoms with Crippen LogP contribution in [0.15, 0.2) is 24.5 Å². The summed E-state index contributed by atoms with van der Waals surface area (Å²) in [7, 11) is 0. The molecule has 2 aliphatic rings. The van der Waals surface area contributed by atoms with Crippen molar-refractivity contribution in [3.8, 4) is 11.4 Å². The molecule has 0 atom stereocenters. The second-order valence-corrected chi connectivity index (χ2v) is 8.77. The highest BCUT2D eigenvalue weighted by Gasteiger charge is 2.33. The predicted octanol–water partition coefficient (Wildman–Crippen LogP) is 4.08. The van der Waals surface area contributed by atoms with E-state index in [9.17, 15) is 0 Å². The van der Waals surface area contributed by atoms with Crippen molar-refractivity contribution in [3.63, 3.8) is 0 Å². The fraction of sp³-hybridized carbons (Fsp3) is 0.450. The lowest BCUT2D eigenvalue weighted by Crippen LogP contribution is -2.45. The lowest BCUT2D eigenvalue weighted by atomic mass is 9.88. The highest BCUT2D eigenvalue weighted by molar-refractivity contribution is 7.19. The van der Waals surface area contributed by atoms with Gasteiger partial charge in [-0.15, -0.1) is 11.3 Å². The number of fused-ring (bicyclic) bond motifs is 3. The van der Waals surface area contributed by atoms with E-state index in [1.165, 1.54) is 35.1 Å². The van der Waals surface area contributed by atoms with Crippen LogP contribution in [0.4, 0.5) is 5.82 Å². The third kappa shape index (κ3) is 2.77. The molecule has 0 unspecified atom stereocenters. The molecule has 5 rings (SSSR count). The number of nitrogens with one attached hydrogen (secondary N) is 1. The van der Waals surface area contributed by atoms with Gasteiger partial charge in [0.2, 0.25) is 0 Å². The monoisotopic (exact) mass is 366 g/mol. The first kappa shape index (κ1) is 16.1. The molecular weight excluding hydrogens is 344 g/mol. The third-order valence-corrected chi connectivity index (χ3v) is 6.50. The van der Waals surface area contributed by atoms with Gasteiger partial charge in [-0.3, -0.25) is 4.98 Å². The number of rotatable bonds is 4. The summed E-state index contributed by atoms with van der Waals surface area (Å²) in [5, 5.41) is 4.87. The van der Waals surface area contributed by atoms with Crippen LogP contribution in [0.3, 0.4) is 0 Å². The van der Waals surface area contributed by atoms with Crippen molar-refractivity contribution >= 4 is 27.4 Å². The van der Waals surface area contributed by atoms with E-state index in [0.717, 1.165) is 48.2 Å². The molecule has 0 saturated carbocycles. The number of nitrogens with zero attached hydrogens (tertiary/aromatic N) is 3. The van der Waals surface area contributed by atoms with Gasteiger partial charge in [0.25, 0.3) is 0 Å². The van der Waals surface area contributed by atoms with Crippen molar-refractivity contribution in [2.24, 2.45) is 5.41 Å². The Morgan fingerprint density at radius 2 is 2.12 bits per heavy atom. The molecule has 0 amide bonds. The Kier molecular flexibility index (Phi) is 3.90. The van der Waals surface area contributed by atoms with Gasteiger partial charge in [0.05, 0.1) is 18.6 Å². The van der Waals surface area contributed by atoms with Crippen molar-refractivity contribution in [1.29, 1.82) is 0 Å². The maximum Gasteiger partial charge on any atom is 0.164 e. The maximum absolute atomic E-state index is 5.40. The minimum atomic E-state index is 0.196. The van der Waals surface area contributed by atoms with E-state index in [1.807, 2.05) is 29.7 Å². The van der Waals surface area contributed by atoms with Gasteiger partial charge in [-0.2, -0.15) is 0 Å². The van der Waals surface area contributed by atoms with Crippen molar-refractivity contribution in [3.05, 3.63) is 35.0 Å². The summed E-state index contributed by atoms with van der Waals surface area (Å²) in [6.45, 7) is 4.75. The van der Waals surface area contributed by atoms with E-state index in [2.05, 4.69) is 17.2 Å². The maximum atomic E-state index is 5.40. The molecule has 4 heterocycles. The number of aromatic nitrogens is 3. The summed E-state index contributed by atoms with van der Waals surface area (Å²) >= 11 is 1.84. The first-order valence-electron chi connectivity index (χ1n) is 9.26. The second-order valence-electron chi connectivity index (χ2n) is 7.69. The van der Waals surface area contributed by atoms with E-state index in [4.69, 9.17) is 14.7 Å². The van der Waals surface area contributed by atoms with Crippen LogP contribution in [-0.2, 0) is 17.6 Å². The lowest BCUT2D eigenvalue weighted by molar-refractivity contribution is -0.0924. The van der Waals surface area contributed by atoms with Gasteiger partial charge in [-0.1, -0.05) is 6.92 Å². The summed E-state index contributed by atoms with van der Waals surface area (Å²) < 4.78 is 5.40. The smallest absolute Gasteiger partial charge is 0.164 e. The Morgan fingerprint density at radius 3 is 2.88 bits per heavy atom. The molecule has 1 saturated heterocycles. The Bertz CT molecular complexity index is 949. The standard InChI is InChI=1S/C20H22N4OS/c1-20(11-25-12-20)10-22-18-16-14-6-2-3-7-15(14)26-19(16)24-17(23-18)13-5-4-8-21-9-13/h4-5,8-9H,2-3,6-7,10-12H2,1H3,(H,22,23,24). The predicted molar refractivity (Wildman–Crippen MR) is 105 cm³/mol. The number of ether oxygens (including phenoxy) is 1. The molecule has 134 valence electrons. The Balaban J connectivity index is 1.62. The molecule has 0 spiro atoms. The highest BCUT2D eigenvalue weighted by atomic mass is 32.1. The fourth-order valence-corrected chi connectivity index (χ4v) is 5.02. The number of thiophene rings is 1. The van der Waals surface area contributed by atoms with Gasteiger partial charge in [0, 0.05) is 34.8 Å². The van der Waals surface area contributed by atoms with Crippen LogP contribution in [0.2, 0.25) is 0 Å². The molecule has 1 N–H and O–H groups in total. The van der Waals surface area contributed by atoms with Gasteiger partial charge >= 0.3 is 0 Å². The van der Waals surface area contributed by atoms with E-state index in [0.29, 0.717) is 0 Å². The van der Waals surface area contributed by atoms with Crippen molar-refractivity contribution in [2.45, 2.75) is 32.6 Å². The summed E-state index contributed by atoms with van der Waals surface area (Å²) in [4.78, 5) is 16.6. The lowest BCUT2D eigenvalue weighted by Gasteiger charge is -2.38. The largest absolute Gasteiger partial charge is 0.380 e. The number of hydrogen-bond donors (Lipinski definition) is 1. The molecule has 5 nitrogen and oxygen atoms in total. The topological polar surface area (TPSA) is 59.9 Å². The van der Waals surface area contributed by atoms with Crippen molar-refractivity contribution in [1.82, 2.24) is 15.0 Å². The van der Waals surface area contributed by atoms with E-state index < -0.39 is 0 Å². The van der Waals surface area contributed by atoms with Gasteiger partial charge in [0.1, 0.15) is 10.6 Å². The minimum Gasteiger partial charge on any atom is -0.380 e. The Hall–Kier alpha value is -2.05. The van der Waals surface area contributed by atoms with E-state index >= 15 is 0 Å². The summed E-state index contributed by atoms with van der Waals surface area (Å²) in [6.07, 6.45) is 8.46. The van der Waals surface area contributed by atoms with Crippen molar-refractivity contribution in [2.75, 3.05) is 25.1 Å². The van der Waals surface area contributed by atoms with Crippen LogP contribution in [0, 0.1) is 5.41 Å². The zero-order chi connectivity index (χ0) is 17.6. The summed E-state index contributed by atoms with van der Waals surface area (Å²) in [5.74, 6) is 1.73. The molecule has 1 fully saturated rings. The highest BCUT2D eigenvalue weighted by Crippen LogP contribution is 2.40. The average Bonchev–Trinajstić information content (AvgIpc) is 3.04. The van der Waals surface area contributed by atoms with Gasteiger partial charge in [0.15, 0.2) is 5.82 Å². The number of aryl methyl sites for hydroxylation is 2. The number of hydrogen-bond acceptors (Lipinski definition) is 6. The van der Waals surface area contributed by atoms with Gasteiger partial charge in [-0.05, 0) is 43.4 Å². The first-order chi connectivity index (χ1) is 12.7. The van der Waals surface area contributed by atoms with E-state index in [1.54, 1.807) is 6.20 Å². The van der Waals surface area contributed by atoms with E-state index in [-0.39, 0.29) is 5.41 Å². The molecule has 1 aliphatic carbocycles. The quantitative estimate of drug-likeness (QED) is 0.754. The number of pyridine rings is 1. The zero-order valence-electron chi connectivity index (χ0n) is 14.9. The average molecular weight is 366 g/mol. The summed E-state index contributed by atoms with van der Waals surface area (Å²) in [5.41, 5.74) is 2.62. The minimum absolute atomic E-state index is 0.196. The molecule has 0 bridgehead atoms. The van der Waals surface area contributed by atoms with Crippen LogP contribution in [0.25, 0.3) is 21.6 Å². The first-order valence-corrected chi connectivity index (χ1v) is 10.1. The molecule has 1 aliphatic heterocycles. The van der Waals surface area contributed by atoms with Crippen LogP contribution in [0.5, 0.6) is 0 Å². The molecule has 0 radical (unpaired) electrons. The van der Waals surface area contributed by atoms with Crippen LogP contribution < -0.4 is 5.32 Å².